The van der Waals surface area contributed by atoms with Crippen molar-refractivity contribution < 1.29 is 34.8 Å². The van der Waals surface area contributed by atoms with E-state index in [0.29, 0.717) is 44.0 Å². The van der Waals surface area contributed by atoms with Crippen molar-refractivity contribution in [2.24, 2.45) is 0 Å². The molecule has 0 saturated carbocycles. The van der Waals surface area contributed by atoms with Gasteiger partial charge in [0.2, 0.25) is 0 Å². The SMILES string of the molecule is C.C=Cc1[nH]c2c(c1C=C)c1c(c3c4ccccc4n(C4OC(CO)C(O)C(O)C4O)c23)C(=O)NC1=O.CC. The van der Waals surface area contributed by atoms with Gasteiger partial charge in [-0.05, 0) is 12.1 Å². The number of imide groups is 1. The van der Waals surface area contributed by atoms with Gasteiger partial charge >= 0.3 is 0 Å². The molecule has 0 bridgehead atoms. The molecule has 2 aliphatic rings. The zero-order chi connectivity index (χ0) is 27.5. The van der Waals surface area contributed by atoms with E-state index in [-0.39, 0.29) is 18.6 Å². The molecule has 39 heavy (non-hydrogen) atoms. The molecule has 10 heteroatoms. The van der Waals surface area contributed by atoms with Gasteiger partial charge in [0.15, 0.2) is 6.23 Å². The largest absolute Gasteiger partial charge is 0.394 e. The Morgan fingerprint density at radius 2 is 1.62 bits per heavy atom. The lowest BCUT2D eigenvalue weighted by molar-refractivity contribution is -0.249. The summed E-state index contributed by atoms with van der Waals surface area (Å²) >= 11 is 0. The number of H-pyrrole nitrogens is 1. The molecular formula is C29H33N3O7. The third-order valence-corrected chi connectivity index (χ3v) is 7.18. The monoisotopic (exact) mass is 535 g/mol. The molecule has 10 nitrogen and oxygen atoms in total. The van der Waals surface area contributed by atoms with Gasteiger partial charge in [-0.15, -0.1) is 0 Å². The number of ether oxygens (including phenoxy) is 1. The van der Waals surface area contributed by atoms with Crippen molar-refractivity contribution in [3.8, 4) is 0 Å². The van der Waals surface area contributed by atoms with E-state index in [1.54, 1.807) is 41.0 Å². The molecule has 1 fully saturated rings. The number of benzene rings is 2. The molecule has 2 aliphatic heterocycles. The van der Waals surface area contributed by atoms with Crippen LogP contribution in [0, 0.1) is 0 Å². The predicted molar refractivity (Wildman–Crippen MR) is 150 cm³/mol. The normalized spacial score (nSPS) is 24.2. The van der Waals surface area contributed by atoms with Crippen LogP contribution in [-0.4, -0.2) is 72.8 Å². The first kappa shape index (κ1) is 28.2. The fourth-order valence-corrected chi connectivity index (χ4v) is 5.60. The summed E-state index contributed by atoms with van der Waals surface area (Å²) in [4.78, 5) is 29.4. The smallest absolute Gasteiger partial charge is 0.259 e. The molecule has 2 amide bonds. The van der Waals surface area contributed by atoms with E-state index in [2.05, 4.69) is 23.5 Å². The summed E-state index contributed by atoms with van der Waals surface area (Å²) in [6, 6.07) is 7.09. The minimum atomic E-state index is -1.61. The Labute approximate surface area is 224 Å². The van der Waals surface area contributed by atoms with Crippen LogP contribution >= 0.6 is 0 Å². The number of fused-ring (bicyclic) bond motifs is 8. The average Bonchev–Trinajstić information content (AvgIpc) is 3.57. The Balaban J connectivity index is 0.00000115. The summed E-state index contributed by atoms with van der Waals surface area (Å²) in [5, 5.41) is 45.6. The van der Waals surface area contributed by atoms with Crippen LogP contribution < -0.4 is 5.32 Å². The Hall–Kier alpha value is -3.80. The summed E-state index contributed by atoms with van der Waals surface area (Å²) < 4.78 is 7.56. The molecule has 2 aromatic heterocycles. The average molecular weight is 536 g/mol. The summed E-state index contributed by atoms with van der Waals surface area (Å²) in [5.41, 5.74) is 3.01. The number of carbonyl (C=O) groups is 2. The van der Waals surface area contributed by atoms with Crippen molar-refractivity contribution in [3.63, 3.8) is 0 Å². The predicted octanol–water partition coefficient (Wildman–Crippen LogP) is 3.08. The Morgan fingerprint density at radius 1 is 0.974 bits per heavy atom. The van der Waals surface area contributed by atoms with Crippen molar-refractivity contribution in [2.45, 2.75) is 51.9 Å². The van der Waals surface area contributed by atoms with E-state index in [0.717, 1.165) is 0 Å². The van der Waals surface area contributed by atoms with E-state index in [4.69, 9.17) is 4.74 Å². The second-order valence-corrected chi connectivity index (χ2v) is 8.97. The number of nitrogens with one attached hydrogen (secondary N) is 2. The quantitative estimate of drug-likeness (QED) is 0.219. The molecule has 1 saturated heterocycles. The van der Waals surface area contributed by atoms with E-state index in [1.807, 2.05) is 13.8 Å². The van der Waals surface area contributed by atoms with E-state index in [9.17, 15) is 30.0 Å². The van der Waals surface area contributed by atoms with Gasteiger partial charge in [0.1, 0.15) is 24.4 Å². The number of para-hydroxylation sites is 1. The number of hydrogen-bond donors (Lipinski definition) is 6. The molecular weight excluding hydrogens is 502 g/mol. The zero-order valence-electron chi connectivity index (χ0n) is 20.9. The maximum Gasteiger partial charge on any atom is 0.259 e. The van der Waals surface area contributed by atoms with Crippen molar-refractivity contribution in [1.82, 2.24) is 14.9 Å². The lowest BCUT2D eigenvalue weighted by Crippen LogP contribution is -2.56. The van der Waals surface area contributed by atoms with Gasteiger partial charge in [-0.25, -0.2) is 0 Å². The molecule has 0 aliphatic carbocycles. The van der Waals surface area contributed by atoms with Crippen LogP contribution in [0.4, 0.5) is 0 Å². The van der Waals surface area contributed by atoms with Crippen LogP contribution in [-0.2, 0) is 4.74 Å². The number of hydrogen-bond acceptors (Lipinski definition) is 7. The fraction of sp³-hybridized carbons (Fsp3) is 0.310. The lowest BCUT2D eigenvalue weighted by atomic mass is 9.95. The minimum absolute atomic E-state index is 0. The third kappa shape index (κ3) is 3.75. The highest BCUT2D eigenvalue weighted by molar-refractivity contribution is 6.37. The van der Waals surface area contributed by atoms with Gasteiger partial charge in [0.25, 0.3) is 11.8 Å². The van der Waals surface area contributed by atoms with Gasteiger partial charge in [-0.1, -0.05) is 58.7 Å². The van der Waals surface area contributed by atoms with Gasteiger partial charge in [0, 0.05) is 27.4 Å². The topological polar surface area (TPSA) is 157 Å². The van der Waals surface area contributed by atoms with Crippen LogP contribution in [0.5, 0.6) is 0 Å². The number of amides is 2. The Kier molecular flexibility index (Phi) is 7.53. The van der Waals surface area contributed by atoms with Gasteiger partial charge < -0.3 is 34.7 Å². The van der Waals surface area contributed by atoms with E-state index in [1.165, 1.54) is 0 Å². The summed E-state index contributed by atoms with van der Waals surface area (Å²) in [6.45, 7) is 11.1. The number of nitrogens with zero attached hydrogens (tertiary/aromatic N) is 1. The number of aromatic nitrogens is 2. The Bertz CT molecular complexity index is 1630. The minimum Gasteiger partial charge on any atom is -0.394 e. The highest BCUT2D eigenvalue weighted by Crippen LogP contribution is 2.45. The molecule has 6 N–H and O–H groups in total. The maximum absolute atomic E-state index is 13.1. The lowest BCUT2D eigenvalue weighted by Gasteiger charge is -2.41. The van der Waals surface area contributed by atoms with Gasteiger partial charge in [-0.3, -0.25) is 14.9 Å². The van der Waals surface area contributed by atoms with Gasteiger partial charge in [0.05, 0.1) is 34.3 Å². The molecule has 5 unspecified atom stereocenters. The van der Waals surface area contributed by atoms with Crippen LogP contribution in [0.25, 0.3) is 44.9 Å². The summed E-state index contributed by atoms with van der Waals surface area (Å²) in [6.07, 6.45) is -3.96. The standard InChI is InChI=1S/C26H23N3O7.C2H6.CH4/c1-3-10-12(4-2)27-19-15(10)17-18(25(35)28-24(17)34)16-11-7-5-6-8-13(11)29(20(16)19)26-23(33)22(32)21(31)14(9-30)36-26;1-2;/h3-8,14,21-23,26-27,30-33H,1-2,9H2,(H,28,34,35);1-2H3;1H4. The molecule has 2 aromatic carbocycles. The second kappa shape index (κ2) is 10.4. The molecule has 0 radical (unpaired) electrons. The highest BCUT2D eigenvalue weighted by atomic mass is 16.6. The highest BCUT2D eigenvalue weighted by Gasteiger charge is 2.46. The first-order valence-electron chi connectivity index (χ1n) is 12.4. The van der Waals surface area contributed by atoms with Crippen molar-refractivity contribution in [2.75, 3.05) is 6.61 Å². The molecule has 0 spiro atoms. The first-order chi connectivity index (χ1) is 18.3. The molecule has 4 aromatic rings. The van der Waals surface area contributed by atoms with Crippen LogP contribution in [0.15, 0.2) is 37.4 Å². The van der Waals surface area contributed by atoms with Crippen LogP contribution in [0.2, 0.25) is 0 Å². The fourth-order valence-electron chi connectivity index (χ4n) is 5.60. The Morgan fingerprint density at radius 3 is 2.23 bits per heavy atom. The van der Waals surface area contributed by atoms with E-state index < -0.39 is 49.1 Å². The zero-order valence-corrected chi connectivity index (χ0v) is 20.9. The van der Waals surface area contributed by atoms with Crippen LogP contribution in [0.1, 0.15) is 59.5 Å². The molecule has 6 rings (SSSR count). The molecule has 206 valence electrons. The number of aliphatic hydroxyl groups excluding tert-OH is 4. The van der Waals surface area contributed by atoms with Crippen molar-refractivity contribution in [1.29, 1.82) is 0 Å². The number of aliphatic hydroxyl groups is 4. The molecule has 5 atom stereocenters. The van der Waals surface area contributed by atoms with Crippen LogP contribution in [0.3, 0.4) is 0 Å². The number of aromatic amines is 1. The first-order valence-corrected chi connectivity index (χ1v) is 12.4. The number of carbonyl (C=O) groups excluding carboxylic acids is 2. The number of rotatable bonds is 4. The summed E-state index contributed by atoms with van der Waals surface area (Å²) in [5.74, 6) is -1.10. The van der Waals surface area contributed by atoms with E-state index >= 15 is 0 Å². The third-order valence-electron chi connectivity index (χ3n) is 7.18. The van der Waals surface area contributed by atoms with Crippen molar-refractivity contribution >= 4 is 56.7 Å². The van der Waals surface area contributed by atoms with Crippen molar-refractivity contribution in [3.05, 3.63) is 59.8 Å². The second-order valence-electron chi connectivity index (χ2n) is 8.97. The molecule has 4 heterocycles. The maximum atomic E-state index is 13.1. The summed E-state index contributed by atoms with van der Waals surface area (Å²) in [7, 11) is 0. The van der Waals surface area contributed by atoms with Gasteiger partial charge in [-0.2, -0.15) is 0 Å².